The molecule has 0 saturated carbocycles. The van der Waals surface area contributed by atoms with Gasteiger partial charge in [0.1, 0.15) is 13.2 Å². The number of carboxylic acids is 1. The minimum atomic E-state index is -1.52. The molecular formula is C49H84NO8+. The van der Waals surface area contributed by atoms with E-state index in [2.05, 4.69) is 86.8 Å². The second-order valence-corrected chi connectivity index (χ2v) is 16.0. The van der Waals surface area contributed by atoms with Crippen molar-refractivity contribution in [1.29, 1.82) is 0 Å². The molecule has 1 N–H and O–H groups in total. The van der Waals surface area contributed by atoms with E-state index in [1.807, 2.05) is 21.1 Å². The van der Waals surface area contributed by atoms with E-state index in [1.54, 1.807) is 0 Å². The Morgan fingerprint density at radius 1 is 0.534 bits per heavy atom. The molecule has 58 heavy (non-hydrogen) atoms. The minimum absolute atomic E-state index is 0.176. The first kappa shape index (κ1) is 54.7. The van der Waals surface area contributed by atoms with Crippen molar-refractivity contribution in [3.8, 4) is 0 Å². The van der Waals surface area contributed by atoms with E-state index in [0.29, 0.717) is 23.9 Å². The van der Waals surface area contributed by atoms with Crippen molar-refractivity contribution in [2.75, 3.05) is 47.5 Å². The van der Waals surface area contributed by atoms with Gasteiger partial charge in [0.25, 0.3) is 6.29 Å². The second kappa shape index (κ2) is 40.5. The van der Waals surface area contributed by atoms with Crippen LogP contribution in [-0.2, 0) is 33.3 Å². The number of carboxylic acid groups (broad SMARTS) is 1. The summed E-state index contributed by atoms with van der Waals surface area (Å²) in [6.07, 6.45) is 46.8. The van der Waals surface area contributed by atoms with Crippen LogP contribution in [0.1, 0.15) is 162 Å². The molecule has 0 fully saturated rings. The molecule has 9 heteroatoms. The van der Waals surface area contributed by atoms with Crippen molar-refractivity contribution in [2.45, 2.75) is 174 Å². The Bertz CT molecular complexity index is 1180. The van der Waals surface area contributed by atoms with E-state index < -0.39 is 24.3 Å². The molecule has 0 aromatic heterocycles. The van der Waals surface area contributed by atoms with Gasteiger partial charge in [0.2, 0.25) is 0 Å². The summed E-state index contributed by atoms with van der Waals surface area (Å²) in [5.74, 6) is -2.07. The standard InChI is InChI=1S/C49H83NO8/c1-6-8-10-12-14-16-18-20-21-22-23-24-25-26-27-28-30-32-34-36-38-40-47(52)58-45(44-57-49(48(53)54)55-42-41-50(3,4)5)43-56-46(51)39-37-35-33-31-29-19-17-15-13-11-9-7-2/h8,10,14,16,20-21,23-24,26-27,30,32,45,49H,6-7,9,11-13,15,17-19,22,25,28-29,31,33-44H2,1-5H3/p+1/b10-8-,16-14-,21-20-,24-23-,27-26-,32-30-. The monoisotopic (exact) mass is 815 g/mol. The highest BCUT2D eigenvalue weighted by Gasteiger charge is 2.25. The number of allylic oxidation sites excluding steroid dienone is 12. The average Bonchev–Trinajstić information content (AvgIpc) is 3.18. The van der Waals surface area contributed by atoms with Gasteiger partial charge in [-0.2, -0.15) is 0 Å². The van der Waals surface area contributed by atoms with Crippen molar-refractivity contribution in [1.82, 2.24) is 0 Å². The molecule has 0 aromatic rings. The van der Waals surface area contributed by atoms with Crippen LogP contribution in [0, 0.1) is 0 Å². The number of likely N-dealkylation sites (N-methyl/N-ethyl adjacent to an activating group) is 1. The number of aliphatic carboxylic acids is 1. The summed E-state index contributed by atoms with van der Waals surface area (Å²) in [5.41, 5.74) is 0. The molecule has 332 valence electrons. The predicted octanol–water partition coefficient (Wildman–Crippen LogP) is 11.9. The maximum atomic E-state index is 12.7. The molecule has 0 amide bonds. The Morgan fingerprint density at radius 3 is 1.47 bits per heavy atom. The molecular weight excluding hydrogens is 731 g/mol. The van der Waals surface area contributed by atoms with Crippen LogP contribution in [0.15, 0.2) is 72.9 Å². The van der Waals surface area contributed by atoms with Gasteiger partial charge in [0, 0.05) is 12.8 Å². The zero-order chi connectivity index (χ0) is 42.8. The molecule has 0 aromatic carbocycles. The van der Waals surface area contributed by atoms with Crippen molar-refractivity contribution in [2.24, 2.45) is 0 Å². The van der Waals surface area contributed by atoms with Crippen LogP contribution in [0.5, 0.6) is 0 Å². The van der Waals surface area contributed by atoms with Crippen molar-refractivity contribution in [3.05, 3.63) is 72.9 Å². The zero-order valence-corrected chi connectivity index (χ0v) is 37.4. The van der Waals surface area contributed by atoms with Crippen LogP contribution in [-0.4, -0.2) is 87.4 Å². The number of rotatable bonds is 40. The number of unbranched alkanes of at least 4 members (excludes halogenated alkanes) is 13. The Balaban J connectivity index is 4.53. The molecule has 2 atom stereocenters. The molecule has 0 aliphatic carbocycles. The fourth-order valence-electron chi connectivity index (χ4n) is 5.72. The topological polar surface area (TPSA) is 108 Å². The van der Waals surface area contributed by atoms with Crippen molar-refractivity contribution < 1.29 is 42.9 Å². The van der Waals surface area contributed by atoms with Gasteiger partial charge in [-0.1, -0.05) is 157 Å². The van der Waals surface area contributed by atoms with Gasteiger partial charge >= 0.3 is 17.9 Å². The molecule has 2 unspecified atom stereocenters. The number of quaternary nitrogens is 1. The van der Waals surface area contributed by atoms with Crippen LogP contribution >= 0.6 is 0 Å². The number of esters is 2. The van der Waals surface area contributed by atoms with E-state index in [9.17, 15) is 19.5 Å². The molecule has 0 rings (SSSR count). The lowest BCUT2D eigenvalue weighted by Crippen LogP contribution is -2.40. The Labute approximate surface area is 354 Å². The number of ether oxygens (including phenoxy) is 4. The van der Waals surface area contributed by atoms with Gasteiger partial charge in [-0.25, -0.2) is 4.79 Å². The maximum Gasteiger partial charge on any atom is 0.361 e. The normalized spacial score (nSPS) is 13.6. The first-order valence-electron chi connectivity index (χ1n) is 22.6. The first-order valence-corrected chi connectivity index (χ1v) is 22.6. The largest absolute Gasteiger partial charge is 0.477 e. The van der Waals surface area contributed by atoms with E-state index in [1.165, 1.54) is 57.8 Å². The third kappa shape index (κ3) is 40.9. The SMILES string of the molecule is CC/C=C\C/C=C\C/C=C\C/C=C\C/C=C\C/C=C\CCCCC(=O)OC(COC(=O)CCCCCCCCCCCCCC)COC(OCC[N+](C)(C)C)C(=O)O. The van der Waals surface area contributed by atoms with E-state index >= 15 is 0 Å². The molecule has 0 aliphatic rings. The smallest absolute Gasteiger partial charge is 0.361 e. The summed E-state index contributed by atoms with van der Waals surface area (Å²) >= 11 is 0. The number of nitrogens with zero attached hydrogens (tertiary/aromatic N) is 1. The van der Waals surface area contributed by atoms with Crippen LogP contribution in [0.3, 0.4) is 0 Å². The summed E-state index contributed by atoms with van der Waals surface area (Å²) < 4.78 is 22.7. The molecule has 0 saturated heterocycles. The highest BCUT2D eigenvalue weighted by atomic mass is 16.7. The molecule has 9 nitrogen and oxygen atoms in total. The quantitative estimate of drug-likeness (QED) is 0.0214. The van der Waals surface area contributed by atoms with Crippen molar-refractivity contribution in [3.63, 3.8) is 0 Å². The first-order chi connectivity index (χ1) is 28.1. The Kier molecular flexibility index (Phi) is 38.2. The fraction of sp³-hybridized carbons (Fsp3) is 0.694. The Morgan fingerprint density at radius 2 is 0.983 bits per heavy atom. The Hall–Kier alpha value is -3.27. The lowest BCUT2D eigenvalue weighted by atomic mass is 10.0. The van der Waals surface area contributed by atoms with Gasteiger partial charge < -0.3 is 28.5 Å². The number of carbonyl (C=O) groups excluding carboxylic acids is 2. The second-order valence-electron chi connectivity index (χ2n) is 16.0. The number of hydrogen-bond acceptors (Lipinski definition) is 7. The summed E-state index contributed by atoms with van der Waals surface area (Å²) in [5, 5.41) is 9.63. The van der Waals surface area contributed by atoms with Crippen LogP contribution in [0.4, 0.5) is 0 Å². The van der Waals surface area contributed by atoms with E-state index in [0.717, 1.165) is 70.6 Å². The molecule has 0 spiro atoms. The summed E-state index contributed by atoms with van der Waals surface area (Å²) in [6, 6.07) is 0. The lowest BCUT2D eigenvalue weighted by molar-refractivity contribution is -0.870. The van der Waals surface area contributed by atoms with E-state index in [-0.39, 0.29) is 32.2 Å². The van der Waals surface area contributed by atoms with Crippen molar-refractivity contribution >= 4 is 17.9 Å². The summed E-state index contributed by atoms with van der Waals surface area (Å²) in [6.45, 7) is 4.68. The van der Waals surface area contributed by atoms with Gasteiger partial charge in [0.15, 0.2) is 6.10 Å². The number of carbonyl (C=O) groups is 3. The molecule has 0 heterocycles. The minimum Gasteiger partial charge on any atom is -0.477 e. The van der Waals surface area contributed by atoms with Gasteiger partial charge in [-0.05, 0) is 64.2 Å². The molecule has 0 aliphatic heterocycles. The lowest BCUT2D eigenvalue weighted by Gasteiger charge is -2.25. The van der Waals surface area contributed by atoms with E-state index in [4.69, 9.17) is 18.9 Å². The van der Waals surface area contributed by atoms with Gasteiger partial charge in [-0.15, -0.1) is 0 Å². The van der Waals surface area contributed by atoms with Crippen LogP contribution in [0.25, 0.3) is 0 Å². The third-order valence-electron chi connectivity index (χ3n) is 9.23. The highest BCUT2D eigenvalue weighted by molar-refractivity contribution is 5.71. The third-order valence-corrected chi connectivity index (χ3v) is 9.23. The highest BCUT2D eigenvalue weighted by Crippen LogP contribution is 2.13. The van der Waals surface area contributed by atoms with Crippen LogP contribution in [0.2, 0.25) is 0 Å². The van der Waals surface area contributed by atoms with Crippen LogP contribution < -0.4 is 0 Å². The van der Waals surface area contributed by atoms with Gasteiger partial charge in [0.05, 0.1) is 34.4 Å². The molecule has 0 bridgehead atoms. The average molecular weight is 815 g/mol. The predicted molar refractivity (Wildman–Crippen MR) is 239 cm³/mol. The molecule has 0 radical (unpaired) electrons. The summed E-state index contributed by atoms with van der Waals surface area (Å²) in [7, 11) is 5.93. The maximum absolute atomic E-state index is 12.7. The summed E-state index contributed by atoms with van der Waals surface area (Å²) in [4.78, 5) is 37.1. The zero-order valence-electron chi connectivity index (χ0n) is 37.4. The van der Waals surface area contributed by atoms with Gasteiger partial charge in [-0.3, -0.25) is 9.59 Å². The fourth-order valence-corrected chi connectivity index (χ4v) is 5.72. The number of hydrogen-bond donors (Lipinski definition) is 1.